The fraction of sp³-hybridized carbons (Fsp3) is 0.280. The molecule has 0 saturated heterocycles. The topological polar surface area (TPSA) is 92.8 Å². The number of aromatic hydroxyl groups is 1. The van der Waals surface area contributed by atoms with Gasteiger partial charge in [-0.3, -0.25) is 19.9 Å². The number of benzene rings is 2. The van der Waals surface area contributed by atoms with Crippen molar-refractivity contribution < 1.29 is 14.8 Å². The van der Waals surface area contributed by atoms with E-state index < -0.39 is 4.92 Å². The van der Waals surface area contributed by atoms with Crippen LogP contribution in [-0.2, 0) is 5.41 Å². The minimum atomic E-state index is -0.500. The minimum Gasteiger partial charge on any atom is -0.506 e. The smallest absolute Gasteiger partial charge is 0.273 e. The Morgan fingerprint density at radius 3 is 2.41 bits per heavy atom. The fourth-order valence-electron chi connectivity index (χ4n) is 3.28. The molecule has 0 saturated carbocycles. The lowest BCUT2D eigenvalue weighted by Crippen LogP contribution is -2.10. The van der Waals surface area contributed by atoms with Crippen molar-refractivity contribution in [1.29, 1.82) is 0 Å². The summed E-state index contributed by atoms with van der Waals surface area (Å²) in [6, 6.07) is 12.5. The van der Waals surface area contributed by atoms with Crippen LogP contribution < -0.4 is 0 Å². The highest BCUT2D eigenvalue weighted by Gasteiger charge is 2.18. The lowest BCUT2D eigenvalue weighted by Gasteiger charge is -2.19. The lowest BCUT2D eigenvalue weighted by molar-refractivity contribution is -0.385. The molecule has 3 aromatic rings. The van der Waals surface area contributed by atoms with E-state index in [2.05, 4.69) is 37.9 Å². The second-order valence-corrected chi connectivity index (χ2v) is 9.62. The number of ketones is 1. The molecule has 1 N–H and O–H groups in total. The number of aliphatic imine (C=N–C) groups is 1. The summed E-state index contributed by atoms with van der Waals surface area (Å²) in [6.45, 7) is 9.66. The van der Waals surface area contributed by atoms with Gasteiger partial charge in [0.25, 0.3) is 5.69 Å². The van der Waals surface area contributed by atoms with Gasteiger partial charge in [-0.05, 0) is 30.4 Å². The molecular weight excluding hydrogens is 424 g/mol. The van der Waals surface area contributed by atoms with Crippen LogP contribution in [0.1, 0.15) is 54.7 Å². The zero-order valence-corrected chi connectivity index (χ0v) is 19.6. The summed E-state index contributed by atoms with van der Waals surface area (Å²) in [5.41, 5.74) is 3.95. The van der Waals surface area contributed by atoms with Crippen LogP contribution in [0.15, 0.2) is 52.8 Å². The molecule has 0 radical (unpaired) electrons. The van der Waals surface area contributed by atoms with Crippen molar-refractivity contribution in [3.8, 4) is 16.2 Å². The van der Waals surface area contributed by atoms with E-state index in [9.17, 15) is 20.0 Å². The Morgan fingerprint density at radius 1 is 1.16 bits per heavy atom. The molecule has 0 atom stereocenters. The maximum Gasteiger partial charge on any atom is 0.273 e. The largest absolute Gasteiger partial charge is 0.506 e. The van der Waals surface area contributed by atoms with Gasteiger partial charge in [0.2, 0.25) is 0 Å². The average Bonchev–Trinajstić information content (AvgIpc) is 3.12. The van der Waals surface area contributed by atoms with E-state index in [1.807, 2.05) is 17.5 Å². The van der Waals surface area contributed by atoms with Gasteiger partial charge in [0, 0.05) is 33.8 Å². The van der Waals surface area contributed by atoms with Crippen LogP contribution in [0.4, 0.5) is 5.69 Å². The van der Waals surface area contributed by atoms with E-state index in [0.29, 0.717) is 16.8 Å². The third-order valence-electron chi connectivity index (χ3n) is 5.36. The van der Waals surface area contributed by atoms with Crippen molar-refractivity contribution in [3.05, 3.63) is 80.2 Å². The molecule has 0 aliphatic heterocycles. The van der Waals surface area contributed by atoms with Crippen LogP contribution in [0.2, 0.25) is 0 Å². The summed E-state index contributed by atoms with van der Waals surface area (Å²) in [7, 11) is 0. The Kier molecular flexibility index (Phi) is 6.60. The number of thiophene rings is 1. The first kappa shape index (κ1) is 23.3. The Morgan fingerprint density at radius 2 is 1.81 bits per heavy atom. The molecule has 3 rings (SSSR count). The van der Waals surface area contributed by atoms with E-state index in [1.54, 1.807) is 26.0 Å². The first-order chi connectivity index (χ1) is 15.0. The number of hydrogen-bond acceptors (Lipinski definition) is 6. The van der Waals surface area contributed by atoms with Crippen LogP contribution in [-0.4, -0.2) is 28.1 Å². The summed E-state index contributed by atoms with van der Waals surface area (Å²) in [6.07, 6.45) is 0. The number of hydrogen-bond donors (Lipinski definition) is 1. The highest BCUT2D eigenvalue weighted by molar-refractivity contribution is 7.14. The van der Waals surface area contributed by atoms with Gasteiger partial charge in [0.05, 0.1) is 9.80 Å². The number of carbonyl (C=O) groups is 1. The summed E-state index contributed by atoms with van der Waals surface area (Å²) >= 11 is 1.42. The van der Waals surface area contributed by atoms with Crippen molar-refractivity contribution in [2.24, 2.45) is 4.99 Å². The predicted molar refractivity (Wildman–Crippen MR) is 129 cm³/mol. The SMILES string of the molecule is CC(=NCC(=O)c1ccc(C)c([N+](=O)[O-])c1)c1csc(-c2ccc(C(C)(C)C)cc2)c1O. The number of carbonyl (C=O) groups excluding carboxylic acids is 1. The molecule has 1 heterocycles. The minimum absolute atomic E-state index is 0.0504. The zero-order chi connectivity index (χ0) is 23.6. The third kappa shape index (κ3) is 4.94. The lowest BCUT2D eigenvalue weighted by atomic mass is 9.86. The second-order valence-electron chi connectivity index (χ2n) is 8.74. The Hall–Kier alpha value is -3.32. The van der Waals surface area contributed by atoms with Crippen molar-refractivity contribution in [1.82, 2.24) is 0 Å². The summed E-state index contributed by atoms with van der Waals surface area (Å²) in [5, 5.41) is 23.7. The molecule has 32 heavy (non-hydrogen) atoms. The summed E-state index contributed by atoms with van der Waals surface area (Å²) < 4.78 is 0. The highest BCUT2D eigenvalue weighted by Crippen LogP contribution is 2.39. The second kappa shape index (κ2) is 9.04. The Bertz CT molecular complexity index is 1200. The Balaban J connectivity index is 1.79. The van der Waals surface area contributed by atoms with Crippen LogP contribution in [0.5, 0.6) is 5.75 Å². The van der Waals surface area contributed by atoms with Gasteiger partial charge in [-0.15, -0.1) is 11.3 Å². The van der Waals surface area contributed by atoms with E-state index in [0.717, 1.165) is 10.4 Å². The molecule has 0 bridgehead atoms. The number of nitro benzene ring substituents is 1. The first-order valence-electron chi connectivity index (χ1n) is 10.2. The van der Waals surface area contributed by atoms with Gasteiger partial charge in [-0.1, -0.05) is 57.2 Å². The quantitative estimate of drug-likeness (QED) is 0.206. The van der Waals surface area contributed by atoms with Gasteiger partial charge in [0.1, 0.15) is 12.3 Å². The normalized spacial score (nSPS) is 12.1. The molecule has 1 aromatic heterocycles. The fourth-order valence-corrected chi connectivity index (χ4v) is 4.29. The van der Waals surface area contributed by atoms with Gasteiger partial charge in [-0.2, -0.15) is 0 Å². The van der Waals surface area contributed by atoms with Crippen molar-refractivity contribution in [2.45, 2.75) is 40.0 Å². The zero-order valence-electron chi connectivity index (χ0n) is 18.8. The molecule has 166 valence electrons. The highest BCUT2D eigenvalue weighted by atomic mass is 32.1. The molecule has 0 spiro atoms. The number of nitrogens with zero attached hydrogens (tertiary/aromatic N) is 2. The molecule has 6 nitrogen and oxygen atoms in total. The van der Waals surface area contributed by atoms with Crippen molar-refractivity contribution in [3.63, 3.8) is 0 Å². The number of aryl methyl sites for hydroxylation is 1. The maximum absolute atomic E-state index is 12.5. The van der Waals surface area contributed by atoms with E-state index in [1.165, 1.54) is 23.0 Å². The third-order valence-corrected chi connectivity index (χ3v) is 6.37. The summed E-state index contributed by atoms with van der Waals surface area (Å²) in [4.78, 5) is 28.2. The van der Waals surface area contributed by atoms with Crippen LogP contribution in [0, 0.1) is 17.0 Å². The van der Waals surface area contributed by atoms with Gasteiger partial charge in [-0.25, -0.2) is 0 Å². The first-order valence-corrected chi connectivity index (χ1v) is 11.1. The maximum atomic E-state index is 12.5. The van der Waals surface area contributed by atoms with Crippen molar-refractivity contribution in [2.75, 3.05) is 6.54 Å². The Labute approximate surface area is 191 Å². The molecule has 0 amide bonds. The van der Waals surface area contributed by atoms with Crippen molar-refractivity contribution >= 4 is 28.5 Å². The van der Waals surface area contributed by atoms with E-state index in [4.69, 9.17) is 0 Å². The molecule has 0 unspecified atom stereocenters. The summed E-state index contributed by atoms with van der Waals surface area (Å²) in [5.74, 6) is -0.182. The molecular formula is C25H26N2O4S. The van der Waals surface area contributed by atoms with Crippen LogP contribution in [0.25, 0.3) is 10.4 Å². The average molecular weight is 451 g/mol. The molecule has 0 aliphatic carbocycles. The van der Waals surface area contributed by atoms with Gasteiger partial charge < -0.3 is 5.11 Å². The van der Waals surface area contributed by atoms with Crippen LogP contribution in [0.3, 0.4) is 0 Å². The number of Topliss-reactive ketones (excluding diaryl/α,β-unsaturated/α-hetero) is 1. The van der Waals surface area contributed by atoms with E-state index >= 15 is 0 Å². The molecule has 0 fully saturated rings. The van der Waals surface area contributed by atoms with Gasteiger partial charge >= 0.3 is 0 Å². The molecule has 7 heteroatoms. The van der Waals surface area contributed by atoms with Gasteiger partial charge in [0.15, 0.2) is 5.78 Å². The standard InChI is InChI=1S/C25H26N2O4S/c1-15-6-7-18(12-21(15)27(30)31)22(28)13-26-16(2)20-14-32-24(23(20)29)17-8-10-19(11-9-17)25(3,4)5/h6-12,14,29H,13H2,1-5H3. The van der Waals surface area contributed by atoms with E-state index in [-0.39, 0.29) is 34.7 Å². The molecule has 0 aliphatic rings. The number of nitro groups is 1. The predicted octanol–water partition coefficient (Wildman–Crippen LogP) is 6.33. The van der Waals surface area contributed by atoms with Crippen LogP contribution >= 0.6 is 11.3 Å². The monoisotopic (exact) mass is 450 g/mol. The molecule has 2 aromatic carbocycles. The number of rotatable bonds is 6.